The molecule has 3 heterocycles. The Hall–Kier alpha value is -5.83. The van der Waals surface area contributed by atoms with Gasteiger partial charge in [-0.15, -0.1) is 5.10 Å². The molecule has 0 aliphatic rings. The van der Waals surface area contributed by atoms with Gasteiger partial charge in [0.2, 0.25) is 0 Å². The number of anilines is 1. The highest BCUT2D eigenvalue weighted by Gasteiger charge is 2.19. The third-order valence-corrected chi connectivity index (χ3v) is 8.41. The summed E-state index contributed by atoms with van der Waals surface area (Å²) in [6, 6.07) is 28.1. The molecule has 0 bridgehead atoms. The first-order valence-corrected chi connectivity index (χ1v) is 15.9. The van der Waals surface area contributed by atoms with Gasteiger partial charge in [0, 0.05) is 17.0 Å². The zero-order valence-corrected chi connectivity index (χ0v) is 27.9. The van der Waals surface area contributed by atoms with Crippen LogP contribution in [-0.4, -0.2) is 44.0 Å². The molecule has 0 saturated heterocycles. The van der Waals surface area contributed by atoms with Crippen molar-refractivity contribution in [3.05, 3.63) is 129 Å². The first-order chi connectivity index (χ1) is 23.9. The van der Waals surface area contributed by atoms with Crippen LogP contribution in [0.4, 0.5) is 11.5 Å². The van der Waals surface area contributed by atoms with Crippen LogP contribution in [0.3, 0.4) is 0 Å². The molecule has 244 valence electrons. The van der Waals surface area contributed by atoms with Crippen molar-refractivity contribution in [3.8, 4) is 23.0 Å². The van der Waals surface area contributed by atoms with E-state index < -0.39 is 0 Å². The van der Waals surface area contributed by atoms with Crippen LogP contribution in [0.25, 0.3) is 26.9 Å². The molecule has 0 amide bonds. The van der Waals surface area contributed by atoms with E-state index in [4.69, 9.17) is 54.1 Å². The molecule has 0 saturated carbocycles. The molecule has 0 aliphatic heterocycles. The molecule has 13 heteroatoms. The second kappa shape index (κ2) is 13.7. The van der Waals surface area contributed by atoms with Gasteiger partial charge < -0.3 is 19.5 Å². The third-order valence-electron chi connectivity index (χ3n) is 7.89. The highest BCUT2D eigenvalue weighted by molar-refractivity contribution is 6.33. The van der Waals surface area contributed by atoms with E-state index in [9.17, 15) is 0 Å². The van der Waals surface area contributed by atoms with Crippen molar-refractivity contribution in [3.63, 3.8) is 0 Å². The minimum atomic E-state index is 0.309. The number of pyridine rings is 1. The van der Waals surface area contributed by atoms with E-state index in [1.165, 1.54) is 0 Å². The molecule has 11 nitrogen and oxygen atoms in total. The Bertz CT molecular complexity index is 2330. The van der Waals surface area contributed by atoms with E-state index in [-0.39, 0.29) is 0 Å². The number of hydrogen-bond acceptors (Lipinski definition) is 8. The SMILES string of the molecule is [C-]#[N+]c1cc(Cl)cc(Oc2c(Cl)ccc3c2nnn3Cc2nn(Cc3ccc(OC)cc3)c3nc(NCc4ccc(OC)cc4)ccc23)c1. The van der Waals surface area contributed by atoms with E-state index in [0.717, 1.165) is 45.2 Å². The lowest BCUT2D eigenvalue weighted by molar-refractivity contribution is 0.414. The maximum absolute atomic E-state index is 7.35. The number of methoxy groups -OCH3 is 2. The van der Waals surface area contributed by atoms with Gasteiger partial charge in [-0.25, -0.2) is 19.2 Å². The summed E-state index contributed by atoms with van der Waals surface area (Å²) in [5.74, 6) is 2.99. The first kappa shape index (κ1) is 31.8. The lowest BCUT2D eigenvalue weighted by Gasteiger charge is -2.09. The number of aromatic nitrogens is 6. The van der Waals surface area contributed by atoms with Crippen molar-refractivity contribution in [1.29, 1.82) is 0 Å². The van der Waals surface area contributed by atoms with Crippen LogP contribution < -0.4 is 19.5 Å². The van der Waals surface area contributed by atoms with Crippen LogP contribution >= 0.6 is 23.2 Å². The molecule has 3 aromatic heterocycles. The quantitative estimate of drug-likeness (QED) is 0.135. The molecule has 7 aromatic rings. The lowest BCUT2D eigenvalue weighted by Crippen LogP contribution is -2.06. The van der Waals surface area contributed by atoms with Gasteiger partial charge in [-0.3, -0.25) is 0 Å². The molecule has 0 unspecified atom stereocenters. The standard InChI is InChI=1S/C36H28Cl2N8O3/c1-39-25-16-24(37)17-28(18-25)49-35-30(38)13-14-32-34(35)42-44-45(32)21-31-29-12-15-33(40-19-22-4-8-26(47-2)9-5-22)41-36(29)46(43-31)20-23-6-10-27(48-3)11-7-23/h4-18H,19-21H2,2-3H3,(H,40,41). The first-order valence-electron chi connectivity index (χ1n) is 15.1. The Morgan fingerprint density at radius 2 is 1.53 bits per heavy atom. The van der Waals surface area contributed by atoms with Crippen LogP contribution in [0, 0.1) is 6.57 Å². The number of ether oxygens (including phenoxy) is 3. The van der Waals surface area contributed by atoms with Crippen molar-refractivity contribution >= 4 is 56.8 Å². The zero-order chi connectivity index (χ0) is 33.9. The second-order valence-corrected chi connectivity index (χ2v) is 11.9. The average Bonchev–Trinajstić information content (AvgIpc) is 3.69. The molecular weight excluding hydrogens is 663 g/mol. The van der Waals surface area contributed by atoms with Gasteiger partial charge in [0.05, 0.1) is 50.1 Å². The Kier molecular flexibility index (Phi) is 8.89. The van der Waals surface area contributed by atoms with Gasteiger partial charge in [-0.05, 0) is 77.9 Å². The number of halogens is 2. The predicted octanol–water partition coefficient (Wildman–Crippen LogP) is 8.55. The van der Waals surface area contributed by atoms with Crippen LogP contribution in [0.2, 0.25) is 10.0 Å². The number of hydrogen-bond donors (Lipinski definition) is 1. The fraction of sp³-hybridized carbons (Fsp3) is 0.139. The molecule has 0 atom stereocenters. The second-order valence-electron chi connectivity index (χ2n) is 11.1. The minimum Gasteiger partial charge on any atom is -0.497 e. The minimum absolute atomic E-state index is 0.309. The largest absolute Gasteiger partial charge is 0.497 e. The number of nitrogens with one attached hydrogen (secondary N) is 1. The van der Waals surface area contributed by atoms with Crippen molar-refractivity contribution < 1.29 is 14.2 Å². The van der Waals surface area contributed by atoms with Crippen molar-refractivity contribution in [1.82, 2.24) is 29.8 Å². The normalized spacial score (nSPS) is 11.1. The Morgan fingerprint density at radius 3 is 2.24 bits per heavy atom. The Labute approximate surface area is 291 Å². The van der Waals surface area contributed by atoms with Gasteiger partial charge in [0.15, 0.2) is 22.6 Å². The van der Waals surface area contributed by atoms with Gasteiger partial charge in [0.25, 0.3) is 0 Å². The molecule has 4 aromatic carbocycles. The fourth-order valence-electron chi connectivity index (χ4n) is 5.42. The molecule has 0 fully saturated rings. The maximum Gasteiger partial charge on any atom is 0.192 e. The summed E-state index contributed by atoms with van der Waals surface area (Å²) in [5, 5.41) is 18.9. The average molecular weight is 692 g/mol. The summed E-state index contributed by atoms with van der Waals surface area (Å²) in [5.41, 5.74) is 5.12. The Morgan fingerprint density at radius 1 is 0.796 bits per heavy atom. The smallest absolute Gasteiger partial charge is 0.192 e. The summed E-state index contributed by atoms with van der Waals surface area (Å²) in [6.07, 6.45) is 0. The molecule has 0 radical (unpaired) electrons. The van der Waals surface area contributed by atoms with Crippen LogP contribution in [0.15, 0.2) is 91.0 Å². The summed E-state index contributed by atoms with van der Waals surface area (Å²) >= 11 is 12.8. The maximum atomic E-state index is 7.35. The summed E-state index contributed by atoms with van der Waals surface area (Å²) in [7, 11) is 3.30. The number of fused-ring (bicyclic) bond motifs is 2. The van der Waals surface area contributed by atoms with Gasteiger partial charge in [-0.2, -0.15) is 5.10 Å². The molecule has 0 aliphatic carbocycles. The van der Waals surface area contributed by atoms with Crippen molar-refractivity contribution in [2.45, 2.75) is 19.6 Å². The van der Waals surface area contributed by atoms with E-state index in [0.29, 0.717) is 57.9 Å². The van der Waals surface area contributed by atoms with Gasteiger partial charge in [0.1, 0.15) is 23.1 Å². The van der Waals surface area contributed by atoms with Crippen LogP contribution in [0.1, 0.15) is 16.8 Å². The molecule has 1 N–H and O–H groups in total. The van der Waals surface area contributed by atoms with E-state index >= 15 is 0 Å². The molecular formula is C36H28Cl2N8O3. The Balaban J connectivity index is 1.22. The number of benzene rings is 4. The fourth-order valence-corrected chi connectivity index (χ4v) is 5.83. The van der Waals surface area contributed by atoms with Gasteiger partial charge in [-0.1, -0.05) is 52.7 Å². The number of rotatable bonds is 11. The molecule has 7 rings (SSSR count). The van der Waals surface area contributed by atoms with Crippen LogP contribution in [-0.2, 0) is 19.6 Å². The predicted molar refractivity (Wildman–Crippen MR) is 189 cm³/mol. The van der Waals surface area contributed by atoms with Crippen molar-refractivity contribution in [2.75, 3.05) is 19.5 Å². The highest BCUT2D eigenvalue weighted by atomic mass is 35.5. The summed E-state index contributed by atoms with van der Waals surface area (Å²) in [6.45, 7) is 8.75. The topological polar surface area (TPSA) is 106 Å². The molecule has 49 heavy (non-hydrogen) atoms. The van der Waals surface area contributed by atoms with Crippen molar-refractivity contribution in [2.24, 2.45) is 0 Å². The highest BCUT2D eigenvalue weighted by Crippen LogP contribution is 2.38. The van der Waals surface area contributed by atoms with E-state index in [1.807, 2.05) is 71.4 Å². The third kappa shape index (κ3) is 6.78. The van der Waals surface area contributed by atoms with Crippen LogP contribution in [0.5, 0.6) is 23.0 Å². The number of nitrogens with zero attached hydrogens (tertiary/aromatic N) is 7. The monoisotopic (exact) mass is 690 g/mol. The summed E-state index contributed by atoms with van der Waals surface area (Å²) < 4.78 is 20.4. The van der Waals surface area contributed by atoms with E-state index in [2.05, 4.69) is 20.5 Å². The van der Waals surface area contributed by atoms with Gasteiger partial charge >= 0.3 is 0 Å². The summed E-state index contributed by atoms with van der Waals surface area (Å²) in [4.78, 5) is 8.44. The zero-order valence-electron chi connectivity index (χ0n) is 26.4. The molecule has 0 spiro atoms. The van der Waals surface area contributed by atoms with E-state index in [1.54, 1.807) is 43.2 Å². The lowest BCUT2D eigenvalue weighted by atomic mass is 10.2.